The van der Waals surface area contributed by atoms with Crippen molar-refractivity contribution in [1.29, 1.82) is 0 Å². The summed E-state index contributed by atoms with van der Waals surface area (Å²) in [6, 6.07) is 7.28. The van der Waals surface area contributed by atoms with Gasteiger partial charge in [0, 0.05) is 42.6 Å². The maximum Gasteiger partial charge on any atom is 0.271 e. The summed E-state index contributed by atoms with van der Waals surface area (Å²) in [7, 11) is 0. The van der Waals surface area contributed by atoms with Gasteiger partial charge in [-0.25, -0.2) is 9.97 Å². The average molecular weight is 482 g/mol. The molecule has 0 bridgehead atoms. The van der Waals surface area contributed by atoms with Crippen molar-refractivity contribution in [3.63, 3.8) is 0 Å². The van der Waals surface area contributed by atoms with E-state index in [1.165, 1.54) is 5.69 Å². The van der Waals surface area contributed by atoms with E-state index in [2.05, 4.69) is 58.7 Å². The van der Waals surface area contributed by atoms with Crippen molar-refractivity contribution in [3.05, 3.63) is 35.2 Å². The largest absolute Gasteiger partial charge is 0.393 e. The predicted octanol–water partition coefficient (Wildman–Crippen LogP) is 3.09. The molecule has 2 aliphatic rings. The molecule has 2 atom stereocenters. The van der Waals surface area contributed by atoms with E-state index in [1.54, 1.807) is 0 Å². The van der Waals surface area contributed by atoms with Crippen molar-refractivity contribution in [2.45, 2.75) is 84.0 Å². The van der Waals surface area contributed by atoms with Gasteiger partial charge in [-0.2, -0.15) is 0 Å². The first kappa shape index (κ1) is 25.2. The van der Waals surface area contributed by atoms with Crippen molar-refractivity contribution in [1.82, 2.24) is 15.3 Å². The summed E-state index contributed by atoms with van der Waals surface area (Å²) in [6.07, 6.45) is 3.69. The van der Waals surface area contributed by atoms with Crippen LogP contribution in [-0.4, -0.2) is 58.3 Å². The zero-order valence-electron chi connectivity index (χ0n) is 21.3. The van der Waals surface area contributed by atoms with Gasteiger partial charge >= 0.3 is 0 Å². The molecular weight excluding hydrogens is 442 g/mol. The fourth-order valence-corrected chi connectivity index (χ4v) is 5.25. The number of benzene rings is 1. The van der Waals surface area contributed by atoms with Crippen molar-refractivity contribution < 1.29 is 9.90 Å². The summed E-state index contributed by atoms with van der Waals surface area (Å²) in [4.78, 5) is 24.0. The van der Waals surface area contributed by atoms with Gasteiger partial charge in [0.25, 0.3) is 5.91 Å². The van der Waals surface area contributed by atoms with Crippen LogP contribution in [0.25, 0.3) is 0 Å². The molecule has 1 saturated carbocycles. The molecule has 9 heteroatoms. The molecule has 1 aliphatic carbocycles. The molecule has 1 aromatic heterocycles. The number of nitrogens with two attached hydrogens (primary N) is 1. The highest BCUT2D eigenvalue weighted by molar-refractivity contribution is 5.96. The van der Waals surface area contributed by atoms with Crippen LogP contribution in [0.15, 0.2) is 18.2 Å². The molecule has 0 unspecified atom stereocenters. The van der Waals surface area contributed by atoms with Gasteiger partial charge in [-0.15, -0.1) is 0 Å². The van der Waals surface area contributed by atoms with Crippen LogP contribution in [-0.2, 0) is 6.42 Å². The molecule has 1 saturated heterocycles. The lowest BCUT2D eigenvalue weighted by atomic mass is 9.93. The molecule has 0 radical (unpaired) electrons. The van der Waals surface area contributed by atoms with Crippen molar-refractivity contribution >= 4 is 28.9 Å². The van der Waals surface area contributed by atoms with Crippen LogP contribution in [0.3, 0.4) is 0 Å². The first-order chi connectivity index (χ1) is 16.7. The molecular formula is C26H39N7O2. The van der Waals surface area contributed by atoms with E-state index in [9.17, 15) is 9.90 Å². The number of piperazine rings is 1. The average Bonchev–Trinajstić information content (AvgIpc) is 2.80. The van der Waals surface area contributed by atoms with Gasteiger partial charge in [0.1, 0.15) is 5.82 Å². The zero-order chi connectivity index (χ0) is 25.1. The number of carbonyl (C=O) groups excluding carboxylic acids is 1. The van der Waals surface area contributed by atoms with E-state index in [4.69, 9.17) is 10.7 Å². The summed E-state index contributed by atoms with van der Waals surface area (Å²) >= 11 is 0. The highest BCUT2D eigenvalue weighted by atomic mass is 16.3. The third-order valence-corrected chi connectivity index (χ3v) is 6.93. The second-order valence-electron chi connectivity index (χ2n) is 10.1. The Kier molecular flexibility index (Phi) is 7.76. The number of amides is 1. The van der Waals surface area contributed by atoms with E-state index in [-0.39, 0.29) is 17.8 Å². The van der Waals surface area contributed by atoms with Gasteiger partial charge < -0.3 is 31.7 Å². The number of aryl methyl sites for hydroxylation is 2. The number of nitrogens with one attached hydrogen (secondary N) is 3. The van der Waals surface area contributed by atoms with Crippen LogP contribution in [0.1, 0.15) is 68.2 Å². The first-order valence-corrected chi connectivity index (χ1v) is 12.8. The molecule has 9 nitrogen and oxygen atoms in total. The normalized spacial score (nSPS) is 24.8. The number of carbonyl (C=O) groups is 1. The second-order valence-corrected chi connectivity index (χ2v) is 10.1. The second kappa shape index (κ2) is 10.8. The molecule has 4 rings (SSSR count). The van der Waals surface area contributed by atoms with Crippen molar-refractivity contribution in [2.24, 2.45) is 5.73 Å². The molecule has 2 fully saturated rings. The van der Waals surface area contributed by atoms with Crippen molar-refractivity contribution in [3.8, 4) is 0 Å². The number of hydrogen-bond donors (Lipinski definition) is 5. The Balaban J connectivity index is 1.58. The number of anilines is 4. The van der Waals surface area contributed by atoms with Crippen LogP contribution in [0.5, 0.6) is 0 Å². The van der Waals surface area contributed by atoms with E-state index in [1.807, 2.05) is 13.0 Å². The Morgan fingerprint density at radius 1 is 1.14 bits per heavy atom. The molecule has 1 aromatic carbocycles. The Morgan fingerprint density at radius 3 is 2.43 bits per heavy atom. The Labute approximate surface area is 207 Å². The summed E-state index contributed by atoms with van der Waals surface area (Å²) < 4.78 is 0. The van der Waals surface area contributed by atoms with Crippen LogP contribution in [0.4, 0.5) is 23.0 Å². The number of hydrogen-bond acceptors (Lipinski definition) is 8. The molecule has 1 aliphatic heterocycles. The van der Waals surface area contributed by atoms with E-state index in [0.29, 0.717) is 35.8 Å². The smallest absolute Gasteiger partial charge is 0.271 e. The molecule has 190 valence electrons. The van der Waals surface area contributed by atoms with Gasteiger partial charge in [-0.3, -0.25) is 4.79 Å². The minimum absolute atomic E-state index is 0.137. The molecule has 0 spiro atoms. The molecule has 1 amide bonds. The highest BCUT2D eigenvalue weighted by Gasteiger charge is 2.24. The van der Waals surface area contributed by atoms with Crippen molar-refractivity contribution in [2.75, 3.05) is 28.6 Å². The minimum atomic E-state index is -0.612. The van der Waals surface area contributed by atoms with Crippen LogP contribution in [0.2, 0.25) is 0 Å². The minimum Gasteiger partial charge on any atom is -0.393 e. The molecule has 35 heavy (non-hydrogen) atoms. The van der Waals surface area contributed by atoms with E-state index in [0.717, 1.165) is 50.0 Å². The zero-order valence-corrected chi connectivity index (χ0v) is 21.3. The lowest BCUT2D eigenvalue weighted by molar-refractivity contribution is 0.0996. The summed E-state index contributed by atoms with van der Waals surface area (Å²) in [5.74, 6) is 0.405. The van der Waals surface area contributed by atoms with Crippen LogP contribution in [0, 0.1) is 6.92 Å². The number of aromatic nitrogens is 2. The van der Waals surface area contributed by atoms with Crippen LogP contribution >= 0.6 is 0 Å². The Morgan fingerprint density at radius 2 is 1.83 bits per heavy atom. The summed E-state index contributed by atoms with van der Waals surface area (Å²) in [5, 5.41) is 20.2. The van der Waals surface area contributed by atoms with Gasteiger partial charge in [0.15, 0.2) is 11.5 Å². The molecule has 6 N–H and O–H groups in total. The first-order valence-electron chi connectivity index (χ1n) is 12.8. The Bertz CT molecular complexity index is 1040. The number of nitrogens with zero attached hydrogens (tertiary/aromatic N) is 3. The number of aliphatic hydroxyl groups is 1. The number of rotatable bonds is 7. The van der Waals surface area contributed by atoms with Gasteiger partial charge in [-0.1, -0.05) is 6.92 Å². The molecule has 2 heterocycles. The van der Waals surface area contributed by atoms with Gasteiger partial charge in [-0.05, 0) is 76.6 Å². The van der Waals surface area contributed by atoms with E-state index >= 15 is 0 Å². The third-order valence-electron chi connectivity index (χ3n) is 6.93. The van der Waals surface area contributed by atoms with Crippen LogP contribution < -0.4 is 26.6 Å². The standard InChI is InChI=1S/C26H39N7O2/c1-5-21-25(29-18-6-9-20(34)10-7-18)32-26(23(31-21)24(27)35)30-19-8-11-22(15(2)12-19)33-13-16(3)28-17(4)14-33/h8,11-12,16-18,20,28,34H,5-7,9-10,13-14H2,1-4H3,(H2,27,35)(H2,29,30,32)/t16-,17+,18-,20-. The third kappa shape index (κ3) is 6.02. The monoisotopic (exact) mass is 481 g/mol. The lowest BCUT2D eigenvalue weighted by Crippen LogP contribution is -2.54. The maximum absolute atomic E-state index is 12.2. The van der Waals surface area contributed by atoms with E-state index < -0.39 is 5.91 Å². The SMILES string of the molecule is CCc1nc(C(N)=O)c(Nc2ccc(N3C[C@@H](C)N[C@@H](C)C3)c(C)c2)nc1N[C@H]1CC[C@H](O)CC1. The lowest BCUT2D eigenvalue weighted by Gasteiger charge is -2.38. The topological polar surface area (TPSA) is 128 Å². The molecule has 2 aromatic rings. The fourth-order valence-electron chi connectivity index (χ4n) is 5.25. The number of aliphatic hydroxyl groups excluding tert-OH is 1. The summed E-state index contributed by atoms with van der Waals surface area (Å²) in [6.45, 7) is 10.4. The number of primary amides is 1. The summed E-state index contributed by atoms with van der Waals surface area (Å²) in [5.41, 5.74) is 9.71. The van der Waals surface area contributed by atoms with Gasteiger partial charge in [0.2, 0.25) is 0 Å². The quantitative estimate of drug-likeness (QED) is 0.408. The van der Waals surface area contributed by atoms with Gasteiger partial charge in [0.05, 0.1) is 11.8 Å². The predicted molar refractivity (Wildman–Crippen MR) is 141 cm³/mol. The highest BCUT2D eigenvalue weighted by Crippen LogP contribution is 2.29. The maximum atomic E-state index is 12.2. The fraction of sp³-hybridized carbons (Fsp3) is 0.577. The Hall–Kier alpha value is -2.91.